The van der Waals surface area contributed by atoms with E-state index in [-0.39, 0.29) is 5.91 Å². The van der Waals surface area contributed by atoms with E-state index in [1.54, 1.807) is 0 Å². The summed E-state index contributed by atoms with van der Waals surface area (Å²) >= 11 is 0. The number of piperidine rings is 1. The van der Waals surface area contributed by atoms with Crippen LogP contribution in [0.15, 0.2) is 36.9 Å². The molecular weight excluding hydrogens is 268 g/mol. The highest BCUT2D eigenvalue weighted by atomic mass is 16.3. The zero-order chi connectivity index (χ0) is 14.9. The number of aliphatic hydroxyl groups is 1. The third kappa shape index (κ3) is 2.62. The number of nitrogens with zero attached hydrogens (tertiary/aromatic N) is 2. The number of carbonyl (C=O) groups excluding carboxylic acids is 1. The molecule has 0 unspecified atom stereocenters. The molecule has 1 atom stereocenters. The van der Waals surface area contributed by atoms with Crippen molar-refractivity contribution >= 4 is 22.6 Å². The second-order valence-electron chi connectivity index (χ2n) is 5.34. The maximum Gasteiger partial charge on any atom is 0.245 e. The van der Waals surface area contributed by atoms with Gasteiger partial charge < -0.3 is 15.3 Å². The molecule has 2 aromatic rings. The summed E-state index contributed by atoms with van der Waals surface area (Å²) in [7, 11) is 0. The smallest absolute Gasteiger partial charge is 0.245 e. The predicted molar refractivity (Wildman–Crippen MR) is 80.8 cm³/mol. The second kappa shape index (κ2) is 5.21. The number of rotatable bonds is 3. The van der Waals surface area contributed by atoms with E-state index in [9.17, 15) is 9.90 Å². The van der Waals surface area contributed by atoms with E-state index in [1.165, 1.54) is 6.08 Å². The minimum atomic E-state index is -1.25. The molecule has 21 heavy (non-hydrogen) atoms. The molecule has 1 aliphatic rings. The van der Waals surface area contributed by atoms with Gasteiger partial charge in [-0.3, -0.25) is 9.89 Å². The Morgan fingerprint density at radius 1 is 1.52 bits per heavy atom. The highest BCUT2D eigenvalue weighted by Crippen LogP contribution is 2.28. The number of benzene rings is 1. The molecule has 6 heteroatoms. The maximum absolute atomic E-state index is 11.5. The minimum Gasteiger partial charge on any atom is -0.369 e. The number of amides is 1. The molecule has 1 aromatic heterocycles. The maximum atomic E-state index is 11.5. The molecular formula is C15H18N4O2. The fraction of sp³-hybridized carbons (Fsp3) is 0.333. The predicted octanol–water partition coefficient (Wildman–Crippen LogP) is 1.15. The van der Waals surface area contributed by atoms with Gasteiger partial charge in [0.1, 0.15) is 0 Å². The Labute approximate surface area is 122 Å². The Morgan fingerprint density at radius 3 is 3.14 bits per heavy atom. The molecule has 0 saturated carbocycles. The summed E-state index contributed by atoms with van der Waals surface area (Å²) in [6, 6.07) is 7.85. The van der Waals surface area contributed by atoms with E-state index in [4.69, 9.17) is 0 Å². The monoisotopic (exact) mass is 286 g/mol. The summed E-state index contributed by atoms with van der Waals surface area (Å²) in [6.45, 7) is 4.51. The lowest BCUT2D eigenvalue weighted by molar-refractivity contribution is -0.124. The molecule has 1 saturated heterocycles. The molecule has 3 N–H and O–H groups in total. The van der Waals surface area contributed by atoms with Crippen molar-refractivity contribution in [1.82, 2.24) is 15.5 Å². The number of fused-ring (bicyclic) bond motifs is 1. The van der Waals surface area contributed by atoms with Crippen LogP contribution in [0.5, 0.6) is 0 Å². The summed E-state index contributed by atoms with van der Waals surface area (Å²) in [6.07, 6.45) is 2.46. The fourth-order valence-electron chi connectivity index (χ4n) is 2.79. The van der Waals surface area contributed by atoms with E-state index in [1.807, 2.05) is 29.2 Å². The van der Waals surface area contributed by atoms with Crippen LogP contribution in [0.3, 0.4) is 0 Å². The van der Waals surface area contributed by atoms with Crippen LogP contribution < -0.4 is 10.2 Å². The number of hydrogen-bond donors (Lipinski definition) is 3. The summed E-state index contributed by atoms with van der Waals surface area (Å²) in [4.78, 5) is 13.5. The Hall–Kier alpha value is -2.34. The number of hydrogen-bond acceptors (Lipinski definition) is 4. The molecule has 0 aliphatic carbocycles. The summed E-state index contributed by atoms with van der Waals surface area (Å²) in [5, 5.41) is 21.5. The number of para-hydroxylation sites is 1. The number of aromatic nitrogens is 2. The lowest BCUT2D eigenvalue weighted by Gasteiger charge is -2.39. The third-order valence-corrected chi connectivity index (χ3v) is 3.76. The number of anilines is 1. The van der Waals surface area contributed by atoms with Crippen molar-refractivity contribution in [2.24, 2.45) is 0 Å². The van der Waals surface area contributed by atoms with Gasteiger partial charge in [-0.2, -0.15) is 5.10 Å². The molecule has 6 nitrogen and oxygen atoms in total. The molecule has 1 fully saturated rings. The van der Waals surface area contributed by atoms with Crippen LogP contribution in [-0.2, 0) is 4.79 Å². The number of aromatic amines is 1. The Kier molecular flexibility index (Phi) is 3.39. The highest BCUT2D eigenvalue weighted by Gasteiger charge is 2.35. The van der Waals surface area contributed by atoms with Gasteiger partial charge in [0.25, 0.3) is 0 Å². The third-order valence-electron chi connectivity index (χ3n) is 3.76. The largest absolute Gasteiger partial charge is 0.369 e. The van der Waals surface area contributed by atoms with E-state index < -0.39 is 5.72 Å². The first kappa shape index (κ1) is 13.6. The van der Waals surface area contributed by atoms with Crippen LogP contribution in [0.4, 0.5) is 5.82 Å². The zero-order valence-corrected chi connectivity index (χ0v) is 11.7. The van der Waals surface area contributed by atoms with Crippen molar-refractivity contribution in [3.05, 3.63) is 36.9 Å². The normalized spacial score (nSPS) is 22.2. The van der Waals surface area contributed by atoms with E-state index in [2.05, 4.69) is 22.1 Å². The quantitative estimate of drug-likeness (QED) is 0.584. The van der Waals surface area contributed by atoms with Crippen LogP contribution in [0, 0.1) is 0 Å². The van der Waals surface area contributed by atoms with Crippen LogP contribution in [-0.4, -0.2) is 40.0 Å². The average molecular weight is 286 g/mol. The van der Waals surface area contributed by atoms with Gasteiger partial charge in [0.2, 0.25) is 5.91 Å². The standard InChI is InChI=1S/C15H18N4O2/c1-2-13(20)16-15(21)8-5-9-19(10-15)14-11-6-3-4-7-12(11)17-18-14/h2-4,6-7,21H,1,5,8-10H2,(H,16,20)(H,17,18)/t15-/m0/s1. The molecule has 0 spiro atoms. The Morgan fingerprint density at radius 2 is 2.33 bits per heavy atom. The van der Waals surface area contributed by atoms with Gasteiger partial charge in [-0.1, -0.05) is 18.7 Å². The van der Waals surface area contributed by atoms with Crippen LogP contribution in [0.1, 0.15) is 12.8 Å². The Balaban J connectivity index is 1.86. The lowest BCUT2D eigenvalue weighted by Crippen LogP contribution is -2.58. The average Bonchev–Trinajstić information content (AvgIpc) is 2.90. The molecule has 0 radical (unpaired) electrons. The number of nitrogens with one attached hydrogen (secondary N) is 2. The molecule has 1 amide bonds. The van der Waals surface area contributed by atoms with Gasteiger partial charge in [-0.25, -0.2) is 0 Å². The van der Waals surface area contributed by atoms with Crippen molar-refractivity contribution in [2.75, 3.05) is 18.0 Å². The molecule has 110 valence electrons. The van der Waals surface area contributed by atoms with Gasteiger partial charge in [0, 0.05) is 11.9 Å². The van der Waals surface area contributed by atoms with E-state index in [0.717, 1.165) is 29.7 Å². The van der Waals surface area contributed by atoms with Crippen molar-refractivity contribution in [3.8, 4) is 0 Å². The van der Waals surface area contributed by atoms with Crippen LogP contribution in [0.25, 0.3) is 10.9 Å². The van der Waals surface area contributed by atoms with E-state index >= 15 is 0 Å². The zero-order valence-electron chi connectivity index (χ0n) is 11.7. The SMILES string of the molecule is C=CC(=O)N[C@]1(O)CCCN(c2n[nH]c3ccccc23)C1. The van der Waals surface area contributed by atoms with Crippen molar-refractivity contribution in [2.45, 2.75) is 18.6 Å². The molecule has 1 aliphatic heterocycles. The number of carbonyl (C=O) groups is 1. The molecule has 1 aromatic carbocycles. The minimum absolute atomic E-state index is 0.307. The van der Waals surface area contributed by atoms with Gasteiger partial charge in [0.15, 0.2) is 11.5 Å². The second-order valence-corrected chi connectivity index (χ2v) is 5.34. The molecule has 3 rings (SSSR count). The van der Waals surface area contributed by atoms with Crippen LogP contribution in [0.2, 0.25) is 0 Å². The fourth-order valence-corrected chi connectivity index (χ4v) is 2.79. The number of H-pyrrole nitrogens is 1. The van der Waals surface area contributed by atoms with Crippen molar-refractivity contribution < 1.29 is 9.90 Å². The lowest BCUT2D eigenvalue weighted by atomic mass is 10.0. The van der Waals surface area contributed by atoms with Gasteiger partial charge in [-0.05, 0) is 31.1 Å². The van der Waals surface area contributed by atoms with Crippen LogP contribution >= 0.6 is 0 Å². The van der Waals surface area contributed by atoms with Gasteiger partial charge >= 0.3 is 0 Å². The Bertz CT molecular complexity index is 681. The summed E-state index contributed by atoms with van der Waals surface area (Å²) in [5.74, 6) is 0.433. The topological polar surface area (TPSA) is 81.2 Å². The van der Waals surface area contributed by atoms with Crippen molar-refractivity contribution in [1.29, 1.82) is 0 Å². The van der Waals surface area contributed by atoms with E-state index in [0.29, 0.717) is 13.0 Å². The first-order valence-corrected chi connectivity index (χ1v) is 6.96. The molecule has 2 heterocycles. The van der Waals surface area contributed by atoms with Crippen molar-refractivity contribution in [3.63, 3.8) is 0 Å². The first-order valence-electron chi connectivity index (χ1n) is 6.96. The summed E-state index contributed by atoms with van der Waals surface area (Å²) < 4.78 is 0. The highest BCUT2D eigenvalue weighted by molar-refractivity contribution is 5.90. The first-order chi connectivity index (χ1) is 10.1. The van der Waals surface area contributed by atoms with Gasteiger partial charge in [-0.15, -0.1) is 0 Å². The van der Waals surface area contributed by atoms with Gasteiger partial charge in [0.05, 0.1) is 12.1 Å². The molecule has 0 bridgehead atoms. The number of β-amino-alcohol motifs (C(OH)–C–C–N with tert-alkyl or cyclic N) is 1. The summed E-state index contributed by atoms with van der Waals surface area (Å²) in [5.41, 5.74) is -0.291.